The molecule has 0 aromatic heterocycles. The van der Waals surface area contributed by atoms with Crippen molar-refractivity contribution in [3.63, 3.8) is 0 Å². The lowest BCUT2D eigenvalue weighted by Crippen LogP contribution is -2.53. The Morgan fingerprint density at radius 1 is 1.14 bits per heavy atom. The molecule has 0 radical (unpaired) electrons. The molecule has 1 unspecified atom stereocenters. The number of halogens is 3. The maximum absolute atomic E-state index is 13.1. The maximum Gasteiger partial charge on any atom is 0.423 e. The number of alkyl halides is 3. The standard InChI is InChI=1S/C14H15F3N2O3/c1-2-8-18-11(20)12(21)19-9-13(22,14(15,16)17)10-6-4-3-5-7-10/h2-7,22H,1,8-9H2,(H,18,20)(H,19,21). The van der Waals surface area contributed by atoms with Crippen molar-refractivity contribution in [2.75, 3.05) is 13.1 Å². The summed E-state index contributed by atoms with van der Waals surface area (Å²) >= 11 is 0. The summed E-state index contributed by atoms with van der Waals surface area (Å²) in [5.74, 6) is -2.39. The fourth-order valence-corrected chi connectivity index (χ4v) is 1.61. The third-order valence-electron chi connectivity index (χ3n) is 2.84. The van der Waals surface area contributed by atoms with Crippen molar-refractivity contribution >= 4 is 11.8 Å². The van der Waals surface area contributed by atoms with Gasteiger partial charge in [0.2, 0.25) is 5.60 Å². The van der Waals surface area contributed by atoms with Crippen LogP contribution in [0.15, 0.2) is 43.0 Å². The largest absolute Gasteiger partial charge is 0.423 e. The molecule has 1 atom stereocenters. The van der Waals surface area contributed by atoms with Crippen LogP contribution in [0, 0.1) is 0 Å². The van der Waals surface area contributed by atoms with Gasteiger partial charge in [0.05, 0.1) is 6.54 Å². The SMILES string of the molecule is C=CCNC(=O)C(=O)NCC(O)(c1ccccc1)C(F)(F)F. The Morgan fingerprint density at radius 2 is 1.68 bits per heavy atom. The van der Waals surface area contributed by atoms with E-state index >= 15 is 0 Å². The molecule has 0 spiro atoms. The lowest BCUT2D eigenvalue weighted by atomic mass is 9.93. The van der Waals surface area contributed by atoms with Crippen molar-refractivity contribution in [1.29, 1.82) is 0 Å². The molecule has 120 valence electrons. The average Bonchev–Trinajstić information content (AvgIpc) is 2.49. The average molecular weight is 316 g/mol. The topological polar surface area (TPSA) is 78.4 Å². The van der Waals surface area contributed by atoms with Gasteiger partial charge in [0.15, 0.2) is 0 Å². The Morgan fingerprint density at radius 3 is 2.18 bits per heavy atom. The van der Waals surface area contributed by atoms with Crippen LogP contribution in [0.2, 0.25) is 0 Å². The molecule has 8 heteroatoms. The summed E-state index contributed by atoms with van der Waals surface area (Å²) in [6, 6.07) is 6.30. The van der Waals surface area contributed by atoms with E-state index in [-0.39, 0.29) is 6.54 Å². The third kappa shape index (κ3) is 4.08. The summed E-state index contributed by atoms with van der Waals surface area (Å²) in [6.45, 7) is 2.13. The number of hydrogen-bond donors (Lipinski definition) is 3. The number of aliphatic hydroxyl groups is 1. The van der Waals surface area contributed by atoms with Crippen LogP contribution in [0.4, 0.5) is 13.2 Å². The van der Waals surface area contributed by atoms with Gasteiger partial charge < -0.3 is 15.7 Å². The molecule has 1 rings (SSSR count). The molecule has 0 saturated carbocycles. The second kappa shape index (κ2) is 7.08. The van der Waals surface area contributed by atoms with Crippen LogP contribution < -0.4 is 10.6 Å². The van der Waals surface area contributed by atoms with Crippen LogP contribution in [0.1, 0.15) is 5.56 Å². The maximum atomic E-state index is 13.1. The molecule has 1 aromatic carbocycles. The highest BCUT2D eigenvalue weighted by Crippen LogP contribution is 2.38. The molecule has 0 heterocycles. The number of carbonyl (C=O) groups is 2. The summed E-state index contributed by atoms with van der Waals surface area (Å²) in [6.07, 6.45) is -3.72. The van der Waals surface area contributed by atoms with Crippen LogP contribution in [0.25, 0.3) is 0 Å². The van der Waals surface area contributed by atoms with Crippen LogP contribution in [0.3, 0.4) is 0 Å². The predicted octanol–water partition coefficient (Wildman–Crippen LogP) is 0.855. The molecule has 5 nitrogen and oxygen atoms in total. The minimum atomic E-state index is -5.03. The van der Waals surface area contributed by atoms with E-state index in [1.54, 1.807) is 5.32 Å². The van der Waals surface area contributed by atoms with Crippen molar-refractivity contribution in [3.05, 3.63) is 48.6 Å². The Labute approximate surface area is 124 Å². The smallest absolute Gasteiger partial charge is 0.375 e. The second-order valence-electron chi connectivity index (χ2n) is 4.41. The number of carbonyl (C=O) groups excluding carboxylic acids is 2. The van der Waals surface area contributed by atoms with Gasteiger partial charge in [0, 0.05) is 6.54 Å². The van der Waals surface area contributed by atoms with Crippen LogP contribution >= 0.6 is 0 Å². The Hall–Kier alpha value is -2.35. The van der Waals surface area contributed by atoms with E-state index in [2.05, 4.69) is 11.9 Å². The molecule has 2 amide bonds. The Bertz CT molecular complexity index is 546. The minimum Gasteiger partial charge on any atom is -0.375 e. The number of hydrogen-bond acceptors (Lipinski definition) is 3. The van der Waals surface area contributed by atoms with Gasteiger partial charge in [-0.1, -0.05) is 36.4 Å². The number of rotatable bonds is 5. The van der Waals surface area contributed by atoms with Crippen molar-refractivity contribution in [3.8, 4) is 0 Å². The number of nitrogens with one attached hydrogen (secondary N) is 2. The quantitative estimate of drug-likeness (QED) is 0.557. The van der Waals surface area contributed by atoms with E-state index in [0.717, 1.165) is 12.1 Å². The van der Waals surface area contributed by atoms with E-state index in [0.29, 0.717) is 0 Å². The van der Waals surface area contributed by atoms with Crippen molar-refractivity contribution in [1.82, 2.24) is 10.6 Å². The highest BCUT2D eigenvalue weighted by Gasteiger charge is 2.55. The van der Waals surface area contributed by atoms with Crippen LogP contribution in [0.5, 0.6) is 0 Å². The minimum absolute atomic E-state index is 0.00548. The lowest BCUT2D eigenvalue weighted by Gasteiger charge is -2.31. The van der Waals surface area contributed by atoms with E-state index in [9.17, 15) is 27.9 Å². The zero-order chi connectivity index (χ0) is 16.8. The van der Waals surface area contributed by atoms with E-state index < -0.39 is 35.7 Å². The van der Waals surface area contributed by atoms with Gasteiger partial charge in [-0.05, 0) is 5.56 Å². The van der Waals surface area contributed by atoms with E-state index in [4.69, 9.17) is 0 Å². The molecule has 0 aliphatic carbocycles. The molecule has 0 fully saturated rings. The molecule has 0 saturated heterocycles. The van der Waals surface area contributed by atoms with Gasteiger partial charge >= 0.3 is 18.0 Å². The van der Waals surface area contributed by atoms with E-state index in [1.165, 1.54) is 24.3 Å². The first-order valence-corrected chi connectivity index (χ1v) is 6.24. The summed E-state index contributed by atoms with van der Waals surface area (Å²) < 4.78 is 39.4. The highest BCUT2D eigenvalue weighted by molar-refractivity contribution is 6.35. The normalized spacial score (nSPS) is 13.8. The predicted molar refractivity (Wildman–Crippen MR) is 72.6 cm³/mol. The summed E-state index contributed by atoms with van der Waals surface area (Å²) in [4.78, 5) is 22.7. The first kappa shape index (κ1) is 17.7. The fourth-order valence-electron chi connectivity index (χ4n) is 1.61. The number of benzene rings is 1. The van der Waals surface area contributed by atoms with Gasteiger partial charge in [-0.15, -0.1) is 6.58 Å². The molecule has 1 aromatic rings. The van der Waals surface area contributed by atoms with Gasteiger partial charge in [0.1, 0.15) is 0 Å². The molecule has 0 aliphatic heterocycles. The summed E-state index contributed by atoms with van der Waals surface area (Å²) in [5, 5.41) is 13.8. The fraction of sp³-hybridized carbons (Fsp3) is 0.286. The molecular formula is C14H15F3N2O3. The zero-order valence-corrected chi connectivity index (χ0v) is 11.5. The summed E-state index contributed by atoms with van der Waals surface area (Å²) in [5.41, 5.74) is -3.72. The van der Waals surface area contributed by atoms with Crippen molar-refractivity contribution in [2.45, 2.75) is 11.8 Å². The first-order valence-electron chi connectivity index (χ1n) is 6.24. The second-order valence-corrected chi connectivity index (χ2v) is 4.41. The Kier molecular flexibility index (Phi) is 5.69. The number of amides is 2. The van der Waals surface area contributed by atoms with Crippen molar-refractivity contribution in [2.24, 2.45) is 0 Å². The van der Waals surface area contributed by atoms with Crippen LogP contribution in [-0.2, 0) is 15.2 Å². The summed E-state index contributed by atoms with van der Waals surface area (Å²) in [7, 11) is 0. The zero-order valence-electron chi connectivity index (χ0n) is 11.5. The molecule has 3 N–H and O–H groups in total. The Balaban J connectivity index is 2.87. The van der Waals surface area contributed by atoms with Crippen LogP contribution in [-0.4, -0.2) is 36.2 Å². The molecule has 0 bridgehead atoms. The van der Waals surface area contributed by atoms with Gasteiger partial charge in [-0.3, -0.25) is 9.59 Å². The molecule has 0 aliphatic rings. The van der Waals surface area contributed by atoms with Gasteiger partial charge in [-0.2, -0.15) is 13.2 Å². The lowest BCUT2D eigenvalue weighted by molar-refractivity contribution is -0.264. The van der Waals surface area contributed by atoms with Gasteiger partial charge in [0.25, 0.3) is 0 Å². The molecule has 22 heavy (non-hydrogen) atoms. The van der Waals surface area contributed by atoms with Gasteiger partial charge in [-0.25, -0.2) is 0 Å². The highest BCUT2D eigenvalue weighted by atomic mass is 19.4. The third-order valence-corrected chi connectivity index (χ3v) is 2.84. The first-order chi connectivity index (χ1) is 10.2. The van der Waals surface area contributed by atoms with Crippen molar-refractivity contribution < 1.29 is 27.9 Å². The monoisotopic (exact) mass is 316 g/mol. The molecular weight excluding hydrogens is 301 g/mol. The van der Waals surface area contributed by atoms with E-state index in [1.807, 2.05) is 0 Å².